The highest BCUT2D eigenvalue weighted by molar-refractivity contribution is 5.73. The van der Waals surface area contributed by atoms with E-state index < -0.39 is 0 Å². The van der Waals surface area contributed by atoms with Crippen molar-refractivity contribution >= 4 is 6.03 Å². The number of amides is 2. The van der Waals surface area contributed by atoms with E-state index in [1.807, 2.05) is 24.3 Å². The summed E-state index contributed by atoms with van der Waals surface area (Å²) in [6, 6.07) is 16.1. The van der Waals surface area contributed by atoms with Crippen LogP contribution in [-0.4, -0.2) is 43.1 Å². The van der Waals surface area contributed by atoms with Gasteiger partial charge in [0.15, 0.2) is 0 Å². The lowest BCUT2D eigenvalue weighted by Gasteiger charge is -2.19. The van der Waals surface area contributed by atoms with Gasteiger partial charge in [-0.05, 0) is 41.9 Å². The molecule has 0 aromatic heterocycles. The second-order valence-electron chi connectivity index (χ2n) is 6.64. The van der Waals surface area contributed by atoms with Crippen molar-refractivity contribution in [1.82, 2.24) is 15.1 Å². The molecule has 2 aromatic carbocycles. The van der Waals surface area contributed by atoms with Gasteiger partial charge in [-0.25, -0.2) is 4.79 Å². The van der Waals surface area contributed by atoms with Gasteiger partial charge in [0.1, 0.15) is 5.75 Å². The molecule has 2 aromatic rings. The number of nitrogens with one attached hydrogen (secondary N) is 1. The maximum atomic E-state index is 12.3. The Morgan fingerprint density at radius 1 is 0.963 bits per heavy atom. The maximum absolute atomic E-state index is 12.3. The van der Waals surface area contributed by atoms with Crippen LogP contribution in [0.4, 0.5) is 4.79 Å². The molecule has 0 aliphatic heterocycles. The van der Waals surface area contributed by atoms with Gasteiger partial charge in [0.2, 0.25) is 0 Å². The Kier molecular flexibility index (Phi) is 8.14. The maximum Gasteiger partial charge on any atom is 0.317 e. The minimum atomic E-state index is -0.0926. The molecule has 0 aliphatic carbocycles. The summed E-state index contributed by atoms with van der Waals surface area (Å²) in [5.41, 5.74) is 3.43. The minimum absolute atomic E-state index is 0.0926. The SMILES string of the molecule is CCN(CC)Cc1ccc(CNC(=O)N(C)Cc2cccc(OC)c2)cc1. The number of urea groups is 1. The van der Waals surface area contributed by atoms with Gasteiger partial charge >= 0.3 is 6.03 Å². The number of carbonyl (C=O) groups excluding carboxylic acids is 1. The molecule has 2 amide bonds. The standard InChI is InChI=1S/C22H31N3O2/c1-5-25(6-2)17-19-12-10-18(11-13-19)15-23-22(26)24(3)16-20-8-7-9-21(14-20)27-4/h7-14H,5-6,15-17H2,1-4H3,(H,23,26). The van der Waals surface area contributed by atoms with Crippen LogP contribution in [0.2, 0.25) is 0 Å². The van der Waals surface area contributed by atoms with Crippen LogP contribution in [0.5, 0.6) is 5.75 Å². The number of rotatable bonds is 9. The molecular weight excluding hydrogens is 338 g/mol. The quantitative estimate of drug-likeness (QED) is 0.730. The van der Waals surface area contributed by atoms with Crippen molar-refractivity contribution < 1.29 is 9.53 Å². The van der Waals surface area contributed by atoms with E-state index in [2.05, 4.69) is 48.3 Å². The first-order chi connectivity index (χ1) is 13.0. The normalized spacial score (nSPS) is 10.7. The van der Waals surface area contributed by atoms with Gasteiger partial charge in [-0.1, -0.05) is 50.2 Å². The van der Waals surface area contributed by atoms with Crippen molar-refractivity contribution in [2.75, 3.05) is 27.2 Å². The number of methoxy groups -OCH3 is 1. The smallest absolute Gasteiger partial charge is 0.317 e. The summed E-state index contributed by atoms with van der Waals surface area (Å²) in [5.74, 6) is 0.797. The highest BCUT2D eigenvalue weighted by Crippen LogP contribution is 2.14. The molecule has 0 unspecified atom stereocenters. The van der Waals surface area contributed by atoms with Crippen LogP contribution in [0.15, 0.2) is 48.5 Å². The van der Waals surface area contributed by atoms with E-state index in [-0.39, 0.29) is 6.03 Å². The Bertz CT molecular complexity index is 712. The highest BCUT2D eigenvalue weighted by atomic mass is 16.5. The lowest BCUT2D eigenvalue weighted by Crippen LogP contribution is -2.36. The van der Waals surface area contributed by atoms with Crippen molar-refractivity contribution in [2.24, 2.45) is 0 Å². The summed E-state index contributed by atoms with van der Waals surface area (Å²) in [5, 5.41) is 2.98. The average Bonchev–Trinajstić information content (AvgIpc) is 2.71. The summed E-state index contributed by atoms with van der Waals surface area (Å²) in [6.45, 7) is 8.47. The number of nitrogens with zero attached hydrogens (tertiary/aromatic N) is 2. The molecule has 0 radical (unpaired) electrons. The first-order valence-corrected chi connectivity index (χ1v) is 9.47. The van der Waals surface area contributed by atoms with E-state index in [9.17, 15) is 4.79 Å². The molecule has 2 rings (SSSR count). The molecule has 0 spiro atoms. The Hall–Kier alpha value is -2.53. The molecule has 146 valence electrons. The molecule has 0 saturated heterocycles. The summed E-state index contributed by atoms with van der Waals surface area (Å²) in [7, 11) is 3.44. The van der Waals surface area contributed by atoms with Crippen LogP contribution in [0.3, 0.4) is 0 Å². The van der Waals surface area contributed by atoms with E-state index in [1.165, 1.54) is 5.56 Å². The third kappa shape index (κ3) is 6.61. The molecule has 0 heterocycles. The molecule has 0 saturated carbocycles. The number of carbonyl (C=O) groups is 1. The topological polar surface area (TPSA) is 44.8 Å². The van der Waals surface area contributed by atoms with Crippen LogP contribution >= 0.6 is 0 Å². The number of benzene rings is 2. The van der Waals surface area contributed by atoms with E-state index in [1.54, 1.807) is 19.1 Å². The lowest BCUT2D eigenvalue weighted by molar-refractivity contribution is 0.206. The largest absolute Gasteiger partial charge is 0.497 e. The monoisotopic (exact) mass is 369 g/mol. The second kappa shape index (κ2) is 10.6. The van der Waals surface area contributed by atoms with Crippen molar-refractivity contribution in [1.29, 1.82) is 0 Å². The van der Waals surface area contributed by atoms with Gasteiger partial charge in [0, 0.05) is 26.7 Å². The third-order valence-corrected chi connectivity index (χ3v) is 4.67. The predicted molar refractivity (Wildman–Crippen MR) is 110 cm³/mol. The first kappa shape index (κ1) is 20.8. The Balaban J connectivity index is 1.83. The fourth-order valence-corrected chi connectivity index (χ4v) is 2.90. The summed E-state index contributed by atoms with van der Waals surface area (Å²) >= 11 is 0. The zero-order valence-corrected chi connectivity index (χ0v) is 16.9. The van der Waals surface area contributed by atoms with Crippen molar-refractivity contribution in [3.8, 4) is 5.75 Å². The molecule has 0 aliphatic rings. The molecule has 0 atom stereocenters. The van der Waals surface area contributed by atoms with E-state index >= 15 is 0 Å². The Labute approximate surface area is 162 Å². The van der Waals surface area contributed by atoms with E-state index in [0.717, 1.165) is 36.5 Å². The van der Waals surface area contributed by atoms with Crippen LogP contribution in [-0.2, 0) is 19.6 Å². The van der Waals surface area contributed by atoms with Crippen LogP contribution in [0, 0.1) is 0 Å². The summed E-state index contributed by atoms with van der Waals surface area (Å²) in [4.78, 5) is 16.4. The van der Waals surface area contributed by atoms with Crippen LogP contribution in [0.1, 0.15) is 30.5 Å². The van der Waals surface area contributed by atoms with Crippen LogP contribution in [0.25, 0.3) is 0 Å². The summed E-state index contributed by atoms with van der Waals surface area (Å²) in [6.07, 6.45) is 0. The zero-order chi connectivity index (χ0) is 19.6. The molecule has 0 bridgehead atoms. The fourth-order valence-electron chi connectivity index (χ4n) is 2.90. The molecular formula is C22H31N3O2. The molecule has 5 heteroatoms. The van der Waals surface area contributed by atoms with Gasteiger partial charge in [-0.2, -0.15) is 0 Å². The Morgan fingerprint density at radius 2 is 1.63 bits per heavy atom. The van der Waals surface area contributed by atoms with Crippen molar-refractivity contribution in [3.05, 3.63) is 65.2 Å². The predicted octanol–water partition coefficient (Wildman–Crippen LogP) is 3.88. The van der Waals surface area contributed by atoms with Crippen LogP contribution < -0.4 is 10.1 Å². The third-order valence-electron chi connectivity index (χ3n) is 4.67. The van der Waals surface area contributed by atoms with Gasteiger partial charge < -0.3 is 15.0 Å². The van der Waals surface area contributed by atoms with Gasteiger partial charge in [0.05, 0.1) is 7.11 Å². The van der Waals surface area contributed by atoms with Gasteiger partial charge in [0.25, 0.3) is 0 Å². The minimum Gasteiger partial charge on any atom is -0.497 e. The van der Waals surface area contributed by atoms with E-state index in [4.69, 9.17) is 4.74 Å². The number of hydrogen-bond acceptors (Lipinski definition) is 3. The lowest BCUT2D eigenvalue weighted by atomic mass is 10.1. The Morgan fingerprint density at radius 3 is 2.26 bits per heavy atom. The highest BCUT2D eigenvalue weighted by Gasteiger charge is 2.09. The fraction of sp³-hybridized carbons (Fsp3) is 0.409. The van der Waals surface area contributed by atoms with E-state index in [0.29, 0.717) is 13.1 Å². The summed E-state index contributed by atoms with van der Waals surface area (Å²) < 4.78 is 5.23. The molecule has 0 fully saturated rings. The average molecular weight is 370 g/mol. The molecule has 27 heavy (non-hydrogen) atoms. The van der Waals surface area contributed by atoms with Gasteiger partial charge in [-0.15, -0.1) is 0 Å². The number of hydrogen-bond donors (Lipinski definition) is 1. The molecule has 1 N–H and O–H groups in total. The first-order valence-electron chi connectivity index (χ1n) is 9.47. The molecule has 5 nitrogen and oxygen atoms in total. The van der Waals surface area contributed by atoms with Crippen molar-refractivity contribution in [2.45, 2.75) is 33.5 Å². The number of ether oxygens (including phenoxy) is 1. The second-order valence-corrected chi connectivity index (χ2v) is 6.64. The zero-order valence-electron chi connectivity index (χ0n) is 16.9. The van der Waals surface area contributed by atoms with Crippen molar-refractivity contribution in [3.63, 3.8) is 0 Å². The van der Waals surface area contributed by atoms with Gasteiger partial charge in [-0.3, -0.25) is 4.90 Å².